The zero-order chi connectivity index (χ0) is 21.3. The molecular formula is C20H19FN4O4S. The number of anilines is 1. The lowest BCUT2D eigenvalue weighted by atomic mass is 10.1. The molecule has 1 saturated heterocycles. The highest BCUT2D eigenvalue weighted by Gasteiger charge is 2.36. The molecule has 3 aromatic rings. The van der Waals surface area contributed by atoms with Crippen molar-refractivity contribution in [2.75, 3.05) is 23.7 Å². The van der Waals surface area contributed by atoms with E-state index in [0.29, 0.717) is 5.82 Å². The molecule has 156 valence electrons. The van der Waals surface area contributed by atoms with Crippen LogP contribution in [-0.2, 0) is 19.4 Å². The Morgan fingerprint density at radius 2 is 1.93 bits per heavy atom. The lowest BCUT2D eigenvalue weighted by Gasteiger charge is -2.14. The summed E-state index contributed by atoms with van der Waals surface area (Å²) in [4.78, 5) is 26.4. The summed E-state index contributed by atoms with van der Waals surface area (Å²) < 4.78 is 37.5. The fourth-order valence-corrected chi connectivity index (χ4v) is 4.61. The van der Waals surface area contributed by atoms with E-state index in [2.05, 4.69) is 15.5 Å². The molecule has 0 aliphatic carbocycles. The third-order valence-corrected chi connectivity index (χ3v) is 6.78. The summed E-state index contributed by atoms with van der Waals surface area (Å²) in [5.74, 6) is -1.57. The maximum absolute atomic E-state index is 13.0. The Bertz CT molecular complexity index is 1210. The number of aromatic amines is 1. The van der Waals surface area contributed by atoms with E-state index >= 15 is 0 Å². The summed E-state index contributed by atoms with van der Waals surface area (Å²) in [6, 6.07) is 11.9. The van der Waals surface area contributed by atoms with Crippen LogP contribution < -0.4 is 10.2 Å². The molecule has 1 fully saturated rings. The van der Waals surface area contributed by atoms with Gasteiger partial charge in [0.25, 0.3) is 0 Å². The Morgan fingerprint density at radius 1 is 1.20 bits per heavy atom. The minimum atomic E-state index is -3.65. The molecule has 2 aromatic carbocycles. The van der Waals surface area contributed by atoms with Crippen molar-refractivity contribution in [3.8, 4) is 0 Å². The van der Waals surface area contributed by atoms with Crippen LogP contribution in [0.2, 0.25) is 0 Å². The van der Waals surface area contributed by atoms with Crippen molar-refractivity contribution < 1.29 is 22.4 Å². The number of amides is 2. The number of aromatic nitrogens is 2. The van der Waals surface area contributed by atoms with E-state index in [0.717, 1.165) is 23.0 Å². The van der Waals surface area contributed by atoms with Crippen LogP contribution in [0.5, 0.6) is 0 Å². The summed E-state index contributed by atoms with van der Waals surface area (Å²) in [7, 11) is -3.65. The van der Waals surface area contributed by atoms with E-state index in [1.807, 2.05) is 24.3 Å². The van der Waals surface area contributed by atoms with Gasteiger partial charge in [0, 0.05) is 24.9 Å². The number of hydrogen-bond acceptors (Lipinski definition) is 5. The number of rotatable bonds is 6. The number of fused-ring (bicyclic) bond motifs is 1. The van der Waals surface area contributed by atoms with Crippen molar-refractivity contribution in [3.05, 3.63) is 54.3 Å². The molecule has 2 N–H and O–H groups in total. The van der Waals surface area contributed by atoms with Gasteiger partial charge in [0.05, 0.1) is 22.1 Å². The fourth-order valence-electron chi connectivity index (χ4n) is 3.46. The van der Waals surface area contributed by atoms with Gasteiger partial charge in [0.2, 0.25) is 11.8 Å². The fraction of sp³-hybridized carbons (Fsp3) is 0.250. The summed E-state index contributed by atoms with van der Waals surface area (Å²) in [6.45, 7) is 0.0682. The molecule has 0 radical (unpaired) electrons. The van der Waals surface area contributed by atoms with Crippen LogP contribution in [0, 0.1) is 11.7 Å². The predicted octanol–water partition coefficient (Wildman–Crippen LogP) is 1.64. The van der Waals surface area contributed by atoms with E-state index in [-0.39, 0.29) is 42.0 Å². The first kappa shape index (κ1) is 20.0. The summed E-state index contributed by atoms with van der Waals surface area (Å²) >= 11 is 0. The third kappa shape index (κ3) is 3.90. The summed E-state index contributed by atoms with van der Waals surface area (Å²) in [5, 5.41) is 10.4. The average molecular weight is 430 g/mol. The lowest BCUT2D eigenvalue weighted by molar-refractivity contribution is -0.126. The number of nitrogens with zero attached hydrogens (tertiary/aromatic N) is 2. The molecule has 1 atom stereocenters. The first-order valence-corrected chi connectivity index (χ1v) is 11.0. The van der Waals surface area contributed by atoms with Gasteiger partial charge in [-0.1, -0.05) is 12.1 Å². The number of H-pyrrole nitrogens is 1. The molecule has 0 saturated carbocycles. The Hall–Kier alpha value is -3.27. The average Bonchev–Trinajstić information content (AvgIpc) is 3.31. The van der Waals surface area contributed by atoms with Crippen molar-refractivity contribution in [2.45, 2.75) is 11.3 Å². The topological polar surface area (TPSA) is 112 Å². The molecule has 1 unspecified atom stereocenters. The van der Waals surface area contributed by atoms with Gasteiger partial charge >= 0.3 is 0 Å². The molecule has 2 amide bonds. The molecule has 1 aliphatic heterocycles. The molecule has 10 heteroatoms. The molecule has 0 spiro atoms. The highest BCUT2D eigenvalue weighted by Crippen LogP contribution is 2.29. The summed E-state index contributed by atoms with van der Waals surface area (Å²) in [6.07, 6.45) is 0.0255. The first-order chi connectivity index (χ1) is 14.3. The van der Waals surface area contributed by atoms with Gasteiger partial charge in [0.15, 0.2) is 15.7 Å². The van der Waals surface area contributed by atoms with Crippen molar-refractivity contribution in [2.24, 2.45) is 5.92 Å². The van der Waals surface area contributed by atoms with Crippen LogP contribution >= 0.6 is 0 Å². The standard InChI is InChI=1S/C20H19FN4O4S/c21-14-5-7-15(8-6-14)30(28,29)10-9-22-20(27)13-11-18(26)25(12-13)19-16-3-1-2-4-17(16)23-24-19/h1-8,13H,9-12H2,(H,22,27)(H,23,24). The van der Waals surface area contributed by atoms with E-state index in [1.54, 1.807) is 0 Å². The zero-order valence-electron chi connectivity index (χ0n) is 15.8. The Kier molecular flexibility index (Phi) is 5.25. The monoisotopic (exact) mass is 430 g/mol. The van der Waals surface area contributed by atoms with Crippen LogP contribution in [-0.4, -0.2) is 49.3 Å². The molecule has 1 aliphatic rings. The van der Waals surface area contributed by atoms with Crippen LogP contribution in [0.3, 0.4) is 0 Å². The maximum atomic E-state index is 13.0. The van der Waals surface area contributed by atoms with Crippen LogP contribution in [0.1, 0.15) is 6.42 Å². The summed E-state index contributed by atoms with van der Waals surface area (Å²) in [5.41, 5.74) is 0.791. The van der Waals surface area contributed by atoms with E-state index in [4.69, 9.17) is 0 Å². The second-order valence-corrected chi connectivity index (χ2v) is 9.17. The van der Waals surface area contributed by atoms with Crippen molar-refractivity contribution >= 4 is 38.4 Å². The normalized spacial score (nSPS) is 16.9. The molecule has 4 rings (SSSR count). The molecular weight excluding hydrogens is 411 g/mol. The minimum Gasteiger partial charge on any atom is -0.355 e. The predicted molar refractivity (Wildman–Crippen MR) is 108 cm³/mol. The van der Waals surface area contributed by atoms with E-state index in [1.165, 1.54) is 17.0 Å². The first-order valence-electron chi connectivity index (χ1n) is 9.35. The van der Waals surface area contributed by atoms with Gasteiger partial charge in [-0.15, -0.1) is 0 Å². The van der Waals surface area contributed by atoms with Gasteiger partial charge in [-0.3, -0.25) is 19.6 Å². The van der Waals surface area contributed by atoms with Crippen LogP contribution in [0.25, 0.3) is 10.9 Å². The maximum Gasteiger partial charge on any atom is 0.229 e. The number of sulfone groups is 1. The molecule has 8 nitrogen and oxygen atoms in total. The van der Waals surface area contributed by atoms with Gasteiger partial charge in [-0.25, -0.2) is 12.8 Å². The zero-order valence-corrected chi connectivity index (χ0v) is 16.7. The minimum absolute atomic E-state index is 0.00854. The number of halogens is 1. The highest BCUT2D eigenvalue weighted by atomic mass is 32.2. The van der Waals surface area contributed by atoms with Crippen molar-refractivity contribution in [1.29, 1.82) is 0 Å². The largest absolute Gasteiger partial charge is 0.355 e. The Balaban J connectivity index is 1.36. The highest BCUT2D eigenvalue weighted by molar-refractivity contribution is 7.91. The number of carbonyl (C=O) groups excluding carboxylic acids is 2. The quantitative estimate of drug-likeness (QED) is 0.578. The van der Waals surface area contributed by atoms with Gasteiger partial charge in [0.1, 0.15) is 5.82 Å². The van der Waals surface area contributed by atoms with Gasteiger partial charge < -0.3 is 5.32 Å². The van der Waals surface area contributed by atoms with E-state index < -0.39 is 21.6 Å². The number of benzene rings is 2. The van der Waals surface area contributed by atoms with Crippen molar-refractivity contribution in [1.82, 2.24) is 15.5 Å². The van der Waals surface area contributed by atoms with Gasteiger partial charge in [-0.05, 0) is 36.4 Å². The van der Waals surface area contributed by atoms with Crippen LogP contribution in [0.15, 0.2) is 53.4 Å². The second-order valence-electron chi connectivity index (χ2n) is 7.06. The molecule has 1 aromatic heterocycles. The van der Waals surface area contributed by atoms with Crippen molar-refractivity contribution in [3.63, 3.8) is 0 Å². The number of hydrogen-bond donors (Lipinski definition) is 2. The number of para-hydroxylation sites is 1. The SMILES string of the molecule is O=C(NCCS(=O)(=O)c1ccc(F)cc1)C1CC(=O)N(c2n[nH]c3ccccc23)C1. The Labute approximate surface area is 172 Å². The molecule has 30 heavy (non-hydrogen) atoms. The number of carbonyl (C=O) groups is 2. The third-order valence-electron chi connectivity index (χ3n) is 5.04. The van der Waals surface area contributed by atoms with Crippen LogP contribution in [0.4, 0.5) is 10.2 Å². The second kappa shape index (κ2) is 7.86. The smallest absolute Gasteiger partial charge is 0.229 e. The Morgan fingerprint density at radius 3 is 2.70 bits per heavy atom. The van der Waals surface area contributed by atoms with Gasteiger partial charge in [-0.2, -0.15) is 5.10 Å². The lowest BCUT2D eigenvalue weighted by Crippen LogP contribution is -2.35. The van der Waals surface area contributed by atoms with E-state index in [9.17, 15) is 22.4 Å². The molecule has 2 heterocycles. The number of nitrogens with one attached hydrogen (secondary N) is 2. The molecule has 0 bridgehead atoms.